The lowest BCUT2D eigenvalue weighted by atomic mass is 9.90. The van der Waals surface area contributed by atoms with Gasteiger partial charge in [-0.3, -0.25) is 0 Å². The number of fused-ring (bicyclic) bond motifs is 1. The van der Waals surface area contributed by atoms with E-state index in [4.69, 9.17) is 9.47 Å². The van der Waals surface area contributed by atoms with Crippen molar-refractivity contribution in [2.45, 2.75) is 37.8 Å². The van der Waals surface area contributed by atoms with Crippen LogP contribution in [-0.4, -0.2) is 32.9 Å². The second-order valence-electron chi connectivity index (χ2n) is 5.99. The van der Waals surface area contributed by atoms with Crippen molar-refractivity contribution in [3.63, 3.8) is 0 Å². The number of ether oxygens (including phenoxy) is 2. The molecular formula is C17H25NO2. The predicted molar refractivity (Wildman–Crippen MR) is 79.8 cm³/mol. The van der Waals surface area contributed by atoms with Crippen LogP contribution in [0.1, 0.15) is 36.5 Å². The molecule has 2 aliphatic rings. The molecular weight excluding hydrogens is 250 g/mol. The molecule has 0 bridgehead atoms. The van der Waals surface area contributed by atoms with Crippen LogP contribution in [0.25, 0.3) is 0 Å². The zero-order valence-electron chi connectivity index (χ0n) is 12.3. The second-order valence-corrected chi connectivity index (χ2v) is 5.99. The Morgan fingerprint density at radius 3 is 2.95 bits per heavy atom. The number of benzene rings is 1. The Bertz CT molecular complexity index is 429. The topological polar surface area (TPSA) is 30.5 Å². The average molecular weight is 275 g/mol. The molecule has 0 spiro atoms. The van der Waals surface area contributed by atoms with E-state index in [0.717, 1.165) is 32.7 Å². The molecule has 1 aromatic carbocycles. The van der Waals surface area contributed by atoms with Crippen molar-refractivity contribution >= 4 is 0 Å². The minimum Gasteiger partial charge on any atom is -0.381 e. The maximum absolute atomic E-state index is 6.03. The Morgan fingerprint density at radius 1 is 1.25 bits per heavy atom. The monoisotopic (exact) mass is 275 g/mol. The van der Waals surface area contributed by atoms with Crippen molar-refractivity contribution < 1.29 is 9.47 Å². The Kier molecular flexibility index (Phi) is 4.71. The molecule has 2 heterocycles. The summed E-state index contributed by atoms with van der Waals surface area (Å²) in [7, 11) is 2.06. The molecule has 110 valence electrons. The van der Waals surface area contributed by atoms with E-state index in [1.54, 1.807) is 0 Å². The Balaban J connectivity index is 1.64. The first kappa shape index (κ1) is 14.1. The quantitative estimate of drug-likeness (QED) is 0.896. The minimum absolute atomic E-state index is 0.250. The molecule has 0 saturated carbocycles. The maximum Gasteiger partial charge on any atom is 0.0842 e. The van der Waals surface area contributed by atoms with Crippen molar-refractivity contribution in [3.05, 3.63) is 35.4 Å². The molecule has 2 aliphatic heterocycles. The number of hydrogen-bond donors (Lipinski definition) is 1. The Hall–Kier alpha value is -0.900. The number of hydrogen-bond acceptors (Lipinski definition) is 3. The third-order valence-electron chi connectivity index (χ3n) is 4.64. The van der Waals surface area contributed by atoms with E-state index in [9.17, 15) is 0 Å². The lowest BCUT2D eigenvalue weighted by molar-refractivity contribution is 0.0280. The zero-order valence-corrected chi connectivity index (χ0v) is 12.3. The van der Waals surface area contributed by atoms with Crippen molar-refractivity contribution in [1.29, 1.82) is 0 Å². The first-order chi connectivity index (χ1) is 9.86. The molecule has 0 aromatic heterocycles. The molecule has 1 aromatic rings. The van der Waals surface area contributed by atoms with Gasteiger partial charge < -0.3 is 14.8 Å². The lowest BCUT2D eigenvalue weighted by Gasteiger charge is -2.30. The van der Waals surface area contributed by atoms with Crippen LogP contribution in [0.3, 0.4) is 0 Å². The van der Waals surface area contributed by atoms with Crippen LogP contribution in [0.15, 0.2) is 24.3 Å². The third kappa shape index (κ3) is 3.22. The SMILES string of the molecule is CNC(CC1CCOC1)CC1OCCc2ccccc21. The van der Waals surface area contributed by atoms with E-state index in [2.05, 4.69) is 36.6 Å². The first-order valence-corrected chi connectivity index (χ1v) is 7.81. The summed E-state index contributed by atoms with van der Waals surface area (Å²) in [4.78, 5) is 0. The standard InChI is InChI=1S/C17H25NO2/c1-18-15(10-13-6-8-19-12-13)11-17-16-5-3-2-4-14(16)7-9-20-17/h2-5,13,15,17-18H,6-12H2,1H3. The van der Waals surface area contributed by atoms with Gasteiger partial charge in [-0.15, -0.1) is 0 Å². The molecule has 1 N–H and O–H groups in total. The fraction of sp³-hybridized carbons (Fsp3) is 0.647. The van der Waals surface area contributed by atoms with E-state index in [1.807, 2.05) is 0 Å². The van der Waals surface area contributed by atoms with Crippen LogP contribution in [0.2, 0.25) is 0 Å². The van der Waals surface area contributed by atoms with Crippen LogP contribution in [0.4, 0.5) is 0 Å². The Morgan fingerprint density at radius 2 is 2.15 bits per heavy atom. The average Bonchev–Trinajstić information content (AvgIpc) is 3.00. The summed E-state index contributed by atoms with van der Waals surface area (Å²) in [5.74, 6) is 0.714. The lowest BCUT2D eigenvalue weighted by Crippen LogP contribution is -2.32. The summed E-state index contributed by atoms with van der Waals surface area (Å²) in [6, 6.07) is 9.24. The second kappa shape index (κ2) is 6.70. The van der Waals surface area contributed by atoms with E-state index >= 15 is 0 Å². The van der Waals surface area contributed by atoms with Crippen molar-refractivity contribution in [3.8, 4) is 0 Å². The summed E-state index contributed by atoms with van der Waals surface area (Å²) < 4.78 is 11.5. The largest absolute Gasteiger partial charge is 0.381 e. The van der Waals surface area contributed by atoms with E-state index in [-0.39, 0.29) is 6.10 Å². The zero-order chi connectivity index (χ0) is 13.8. The molecule has 20 heavy (non-hydrogen) atoms. The molecule has 1 fully saturated rings. The smallest absolute Gasteiger partial charge is 0.0842 e. The molecule has 3 heteroatoms. The minimum atomic E-state index is 0.250. The van der Waals surface area contributed by atoms with Gasteiger partial charge in [0.2, 0.25) is 0 Å². The normalized spacial score (nSPS) is 27.2. The maximum atomic E-state index is 6.03. The van der Waals surface area contributed by atoms with E-state index in [1.165, 1.54) is 24.0 Å². The van der Waals surface area contributed by atoms with Crippen molar-refractivity contribution in [2.24, 2.45) is 5.92 Å². The summed E-state index contributed by atoms with van der Waals surface area (Å²) in [6.45, 7) is 2.72. The van der Waals surface area contributed by atoms with Gasteiger partial charge in [0.25, 0.3) is 0 Å². The van der Waals surface area contributed by atoms with Crippen LogP contribution in [0, 0.1) is 5.92 Å². The van der Waals surface area contributed by atoms with Gasteiger partial charge in [0.1, 0.15) is 0 Å². The van der Waals surface area contributed by atoms with Crippen molar-refractivity contribution in [2.75, 3.05) is 26.9 Å². The Labute approximate surface area is 121 Å². The first-order valence-electron chi connectivity index (χ1n) is 7.81. The van der Waals surface area contributed by atoms with Crippen molar-refractivity contribution in [1.82, 2.24) is 5.32 Å². The fourth-order valence-electron chi connectivity index (χ4n) is 3.43. The van der Waals surface area contributed by atoms with Gasteiger partial charge in [-0.25, -0.2) is 0 Å². The van der Waals surface area contributed by atoms with Crippen LogP contribution in [-0.2, 0) is 15.9 Å². The van der Waals surface area contributed by atoms with Gasteiger partial charge >= 0.3 is 0 Å². The molecule has 0 radical (unpaired) electrons. The van der Waals surface area contributed by atoms with Crippen LogP contribution < -0.4 is 5.32 Å². The van der Waals surface area contributed by atoms with Gasteiger partial charge in [-0.05, 0) is 49.8 Å². The highest BCUT2D eigenvalue weighted by molar-refractivity contribution is 5.31. The van der Waals surface area contributed by atoms with Gasteiger partial charge in [-0.1, -0.05) is 24.3 Å². The molecule has 3 unspecified atom stereocenters. The van der Waals surface area contributed by atoms with Gasteiger partial charge in [-0.2, -0.15) is 0 Å². The molecule has 3 rings (SSSR count). The molecule has 3 nitrogen and oxygen atoms in total. The number of rotatable bonds is 5. The summed E-state index contributed by atoms with van der Waals surface area (Å²) in [5.41, 5.74) is 2.85. The van der Waals surface area contributed by atoms with Gasteiger partial charge in [0, 0.05) is 19.3 Å². The fourth-order valence-corrected chi connectivity index (χ4v) is 3.43. The van der Waals surface area contributed by atoms with E-state index < -0.39 is 0 Å². The predicted octanol–water partition coefficient (Wildman–Crippen LogP) is 2.71. The summed E-state index contributed by atoms with van der Waals surface area (Å²) in [6.07, 6.45) is 4.76. The molecule has 0 amide bonds. The highest BCUT2D eigenvalue weighted by atomic mass is 16.5. The van der Waals surface area contributed by atoms with Gasteiger partial charge in [0.15, 0.2) is 0 Å². The van der Waals surface area contributed by atoms with Crippen LogP contribution >= 0.6 is 0 Å². The van der Waals surface area contributed by atoms with Gasteiger partial charge in [0.05, 0.1) is 12.7 Å². The van der Waals surface area contributed by atoms with E-state index in [0.29, 0.717) is 12.0 Å². The third-order valence-corrected chi connectivity index (χ3v) is 4.64. The summed E-state index contributed by atoms with van der Waals surface area (Å²) >= 11 is 0. The molecule has 3 atom stereocenters. The molecule has 1 saturated heterocycles. The summed E-state index contributed by atoms with van der Waals surface area (Å²) in [5, 5.41) is 3.47. The highest BCUT2D eigenvalue weighted by Crippen LogP contribution is 2.32. The highest BCUT2D eigenvalue weighted by Gasteiger charge is 2.26. The molecule has 0 aliphatic carbocycles. The van der Waals surface area contributed by atoms with Crippen LogP contribution in [0.5, 0.6) is 0 Å². The number of nitrogens with one attached hydrogen (secondary N) is 1.